The molecule has 1 N–H and O–H groups in total. The van der Waals surface area contributed by atoms with E-state index in [2.05, 4.69) is 26.3 Å². The van der Waals surface area contributed by atoms with Crippen LogP contribution < -0.4 is 10.1 Å². The van der Waals surface area contributed by atoms with Crippen molar-refractivity contribution in [2.24, 2.45) is 0 Å². The standard InChI is InChI=1S/C18H18BrN3O4S/c1-11-6-17(22(21-11)15-4-5-27(24,25)10-15)20-18(23)13-7-12-8-14(19)2-3-16(12)26-9-13/h2-3,6-8,15H,4-5,9-10H2,1H3,(H,20,23)/t15-/m0/s1. The maximum Gasteiger partial charge on any atom is 0.256 e. The Balaban J connectivity index is 1.57. The van der Waals surface area contributed by atoms with Crippen LogP contribution in [0.4, 0.5) is 5.82 Å². The van der Waals surface area contributed by atoms with Crippen molar-refractivity contribution in [3.63, 3.8) is 0 Å². The van der Waals surface area contributed by atoms with Gasteiger partial charge in [0.15, 0.2) is 9.84 Å². The summed E-state index contributed by atoms with van der Waals surface area (Å²) < 4.78 is 31.8. The second-order valence-electron chi connectivity index (χ2n) is 6.77. The molecule has 9 heteroatoms. The molecular formula is C18H18BrN3O4S. The van der Waals surface area contributed by atoms with E-state index in [-0.39, 0.29) is 30.1 Å². The fourth-order valence-electron chi connectivity index (χ4n) is 3.33. The summed E-state index contributed by atoms with van der Waals surface area (Å²) in [4.78, 5) is 12.7. The van der Waals surface area contributed by atoms with Gasteiger partial charge in [-0.1, -0.05) is 15.9 Å². The lowest BCUT2D eigenvalue weighted by molar-refractivity contribution is -0.113. The first-order valence-electron chi connectivity index (χ1n) is 8.51. The molecule has 1 saturated heterocycles. The SMILES string of the molecule is Cc1cc(NC(=O)C2=Cc3cc(Br)ccc3OC2)n([C@H]2CCS(=O)(=O)C2)n1. The third kappa shape index (κ3) is 3.79. The minimum atomic E-state index is -3.05. The molecular weight excluding hydrogens is 434 g/mol. The molecule has 27 heavy (non-hydrogen) atoms. The Morgan fingerprint density at radius 1 is 1.37 bits per heavy atom. The van der Waals surface area contributed by atoms with Crippen LogP contribution in [0.1, 0.15) is 23.7 Å². The van der Waals surface area contributed by atoms with E-state index >= 15 is 0 Å². The minimum absolute atomic E-state index is 0.0458. The Morgan fingerprint density at radius 3 is 2.93 bits per heavy atom. The van der Waals surface area contributed by atoms with E-state index in [0.717, 1.165) is 21.5 Å². The van der Waals surface area contributed by atoms with Crippen LogP contribution in [0, 0.1) is 6.92 Å². The quantitative estimate of drug-likeness (QED) is 0.774. The van der Waals surface area contributed by atoms with Crippen molar-refractivity contribution in [2.45, 2.75) is 19.4 Å². The molecule has 7 nitrogen and oxygen atoms in total. The van der Waals surface area contributed by atoms with Gasteiger partial charge in [-0.15, -0.1) is 0 Å². The van der Waals surface area contributed by atoms with Gasteiger partial charge < -0.3 is 10.1 Å². The number of sulfone groups is 1. The molecule has 1 fully saturated rings. The Hall–Kier alpha value is -2.13. The lowest BCUT2D eigenvalue weighted by atomic mass is 10.1. The highest BCUT2D eigenvalue weighted by Crippen LogP contribution is 2.30. The van der Waals surface area contributed by atoms with E-state index < -0.39 is 9.84 Å². The first-order valence-corrected chi connectivity index (χ1v) is 11.1. The van der Waals surface area contributed by atoms with Crippen LogP contribution in [0.2, 0.25) is 0 Å². The Kier molecular flexibility index (Phi) is 4.59. The molecule has 0 spiro atoms. The second kappa shape index (κ2) is 6.79. The molecule has 1 amide bonds. The predicted molar refractivity (Wildman–Crippen MR) is 106 cm³/mol. The van der Waals surface area contributed by atoms with Crippen molar-refractivity contribution in [3.05, 3.63) is 45.6 Å². The number of nitrogens with zero attached hydrogens (tertiary/aromatic N) is 2. The largest absolute Gasteiger partial charge is 0.488 e. The number of ether oxygens (including phenoxy) is 1. The number of carbonyl (C=O) groups is 1. The van der Waals surface area contributed by atoms with E-state index in [9.17, 15) is 13.2 Å². The van der Waals surface area contributed by atoms with Gasteiger partial charge in [0.1, 0.15) is 18.2 Å². The molecule has 2 aromatic rings. The van der Waals surface area contributed by atoms with Gasteiger partial charge in [-0.05, 0) is 37.6 Å². The number of hydrogen-bond donors (Lipinski definition) is 1. The average molecular weight is 452 g/mol. The van der Waals surface area contributed by atoms with Gasteiger partial charge in [0, 0.05) is 16.1 Å². The van der Waals surface area contributed by atoms with Gasteiger partial charge in [0.25, 0.3) is 5.91 Å². The molecule has 2 aliphatic heterocycles. The molecule has 1 aromatic carbocycles. The van der Waals surface area contributed by atoms with Crippen molar-refractivity contribution in [3.8, 4) is 5.75 Å². The molecule has 3 heterocycles. The summed E-state index contributed by atoms with van der Waals surface area (Å²) in [7, 11) is -3.05. The zero-order valence-corrected chi connectivity index (χ0v) is 17.0. The summed E-state index contributed by atoms with van der Waals surface area (Å²) in [6.45, 7) is 1.98. The normalized spacial score (nSPS) is 20.5. The van der Waals surface area contributed by atoms with Crippen LogP contribution >= 0.6 is 15.9 Å². The first kappa shape index (κ1) is 18.2. The van der Waals surface area contributed by atoms with Crippen LogP contribution in [-0.2, 0) is 14.6 Å². The van der Waals surface area contributed by atoms with E-state index in [0.29, 0.717) is 17.8 Å². The van der Waals surface area contributed by atoms with Gasteiger partial charge >= 0.3 is 0 Å². The molecule has 2 aliphatic rings. The van der Waals surface area contributed by atoms with Crippen LogP contribution in [0.3, 0.4) is 0 Å². The molecule has 4 rings (SSSR count). The summed E-state index contributed by atoms with van der Waals surface area (Å²) in [6.07, 6.45) is 2.30. The van der Waals surface area contributed by atoms with Crippen LogP contribution in [-0.4, -0.2) is 42.2 Å². The van der Waals surface area contributed by atoms with Crippen molar-refractivity contribution in [1.29, 1.82) is 0 Å². The predicted octanol–water partition coefficient (Wildman–Crippen LogP) is 2.73. The Labute approximate surface area is 165 Å². The van der Waals surface area contributed by atoms with E-state index in [1.165, 1.54) is 0 Å². The van der Waals surface area contributed by atoms with E-state index in [1.807, 2.05) is 25.1 Å². The van der Waals surface area contributed by atoms with Crippen molar-refractivity contribution in [2.75, 3.05) is 23.4 Å². The summed E-state index contributed by atoms with van der Waals surface area (Å²) in [5.74, 6) is 1.13. The highest BCUT2D eigenvalue weighted by Gasteiger charge is 2.31. The van der Waals surface area contributed by atoms with Gasteiger partial charge in [0.2, 0.25) is 0 Å². The summed E-state index contributed by atoms with van der Waals surface area (Å²) in [5.41, 5.74) is 2.04. The molecule has 142 valence electrons. The number of hydrogen-bond acceptors (Lipinski definition) is 5. The van der Waals surface area contributed by atoms with Crippen LogP contribution in [0.25, 0.3) is 6.08 Å². The highest BCUT2D eigenvalue weighted by molar-refractivity contribution is 9.10. The molecule has 1 aromatic heterocycles. The van der Waals surface area contributed by atoms with Gasteiger partial charge in [-0.25, -0.2) is 13.1 Å². The number of fused-ring (bicyclic) bond motifs is 1. The summed E-state index contributed by atoms with van der Waals surface area (Å²) >= 11 is 3.41. The molecule has 0 unspecified atom stereocenters. The number of aryl methyl sites for hydroxylation is 1. The maximum absolute atomic E-state index is 12.7. The number of anilines is 1. The third-order valence-corrected chi connectivity index (χ3v) is 6.87. The summed E-state index contributed by atoms with van der Waals surface area (Å²) in [5, 5.41) is 7.24. The number of benzene rings is 1. The van der Waals surface area contributed by atoms with Crippen LogP contribution in [0.5, 0.6) is 5.75 Å². The molecule has 1 atom stereocenters. The van der Waals surface area contributed by atoms with Crippen molar-refractivity contribution in [1.82, 2.24) is 9.78 Å². The zero-order chi connectivity index (χ0) is 19.2. The monoisotopic (exact) mass is 451 g/mol. The highest BCUT2D eigenvalue weighted by atomic mass is 79.9. The molecule has 0 bridgehead atoms. The Bertz CT molecular complexity index is 1060. The number of rotatable bonds is 3. The van der Waals surface area contributed by atoms with Crippen LogP contribution in [0.15, 0.2) is 34.3 Å². The topological polar surface area (TPSA) is 90.3 Å². The maximum atomic E-state index is 12.7. The second-order valence-corrected chi connectivity index (χ2v) is 9.91. The van der Waals surface area contributed by atoms with E-state index in [1.54, 1.807) is 16.8 Å². The van der Waals surface area contributed by atoms with Gasteiger partial charge in [-0.2, -0.15) is 5.10 Å². The number of amides is 1. The van der Waals surface area contributed by atoms with Gasteiger partial charge in [-0.3, -0.25) is 4.79 Å². The van der Waals surface area contributed by atoms with Crippen molar-refractivity contribution < 1.29 is 17.9 Å². The third-order valence-electron chi connectivity index (χ3n) is 4.63. The number of nitrogens with one attached hydrogen (secondary N) is 1. The fourth-order valence-corrected chi connectivity index (χ4v) is 5.40. The van der Waals surface area contributed by atoms with Crippen molar-refractivity contribution >= 4 is 43.6 Å². The average Bonchev–Trinajstić information content (AvgIpc) is 3.15. The number of carbonyl (C=O) groups excluding carboxylic acids is 1. The Morgan fingerprint density at radius 2 is 2.19 bits per heavy atom. The lowest BCUT2D eigenvalue weighted by Crippen LogP contribution is -2.24. The molecule has 0 radical (unpaired) electrons. The minimum Gasteiger partial charge on any atom is -0.488 e. The first-order chi connectivity index (χ1) is 12.8. The zero-order valence-electron chi connectivity index (χ0n) is 14.6. The van der Waals surface area contributed by atoms with Gasteiger partial charge in [0.05, 0.1) is 28.8 Å². The number of halogens is 1. The lowest BCUT2D eigenvalue weighted by Gasteiger charge is -2.19. The molecule has 0 aliphatic carbocycles. The fraction of sp³-hybridized carbons (Fsp3) is 0.333. The number of aromatic nitrogens is 2. The smallest absolute Gasteiger partial charge is 0.256 e. The van der Waals surface area contributed by atoms with E-state index in [4.69, 9.17) is 4.74 Å². The summed E-state index contributed by atoms with van der Waals surface area (Å²) in [6, 6.07) is 7.11. The molecule has 0 saturated carbocycles.